The van der Waals surface area contributed by atoms with Crippen molar-refractivity contribution in [2.75, 3.05) is 26.3 Å². The molecule has 0 radical (unpaired) electrons. The van der Waals surface area contributed by atoms with E-state index in [-0.39, 0.29) is 46.2 Å². The van der Waals surface area contributed by atoms with Crippen molar-refractivity contribution in [1.82, 2.24) is 16.0 Å². The quantitative estimate of drug-likeness (QED) is 0.172. The second kappa shape index (κ2) is 14.9. The number of hydrogen-bond donors (Lipinski definition) is 4. The first-order valence-corrected chi connectivity index (χ1v) is 23.9. The van der Waals surface area contributed by atoms with Gasteiger partial charge >= 0.3 is 0 Å². The molecule has 9 saturated carbocycles. The van der Waals surface area contributed by atoms with Gasteiger partial charge in [-0.2, -0.15) is 0 Å². The van der Waals surface area contributed by atoms with Crippen LogP contribution in [0.2, 0.25) is 0 Å². The highest BCUT2D eigenvalue weighted by Gasteiger charge is 2.70. The maximum Gasteiger partial charge on any atom is 0.226 e. The highest BCUT2D eigenvalue weighted by atomic mass is 19.1. The summed E-state index contributed by atoms with van der Waals surface area (Å²) in [6.45, 7) is 3.75. The predicted octanol–water partition coefficient (Wildman–Crippen LogP) is 9.11. The molecular weight excluding hydrogens is 739 g/mol. The third-order valence-corrected chi connectivity index (χ3v) is 18.5. The number of nitrogens with two attached hydrogens (primary N) is 1. The number of halogens is 2. The molecule has 1 saturated heterocycles. The lowest BCUT2D eigenvalue weighted by Crippen LogP contribution is -2.66. The largest absolute Gasteiger partial charge is 0.353 e. The molecule has 2 amide bonds. The van der Waals surface area contributed by atoms with Gasteiger partial charge in [-0.1, -0.05) is 67.9 Å². The van der Waals surface area contributed by atoms with Crippen molar-refractivity contribution in [3.63, 3.8) is 0 Å². The van der Waals surface area contributed by atoms with E-state index in [1.807, 2.05) is 0 Å². The number of piperidine rings is 1. The van der Waals surface area contributed by atoms with Crippen molar-refractivity contribution in [2.45, 2.75) is 164 Å². The van der Waals surface area contributed by atoms with Crippen molar-refractivity contribution in [2.24, 2.45) is 45.1 Å². The summed E-state index contributed by atoms with van der Waals surface area (Å²) in [5.41, 5.74) is 8.83. The monoisotopic (exact) mass is 809 g/mol. The van der Waals surface area contributed by atoms with Gasteiger partial charge in [-0.3, -0.25) is 14.0 Å². The Bertz CT molecular complexity index is 1890. The minimum atomic E-state index is -1.06. The molecule has 1 heterocycles. The molecule has 8 heteroatoms. The first kappa shape index (κ1) is 40.2. The van der Waals surface area contributed by atoms with E-state index in [0.29, 0.717) is 43.1 Å². The summed E-state index contributed by atoms with van der Waals surface area (Å²) in [6.07, 6.45) is 16.9. The van der Waals surface area contributed by atoms with Gasteiger partial charge in [-0.05, 0) is 191 Å². The Labute approximate surface area is 351 Å². The van der Waals surface area contributed by atoms with Gasteiger partial charge in [-0.15, -0.1) is 0 Å². The number of benzene rings is 2. The molecule has 5 unspecified atom stereocenters. The Kier molecular flexibility index (Phi) is 10.2. The molecule has 8 bridgehead atoms. The second-order valence-corrected chi connectivity index (χ2v) is 22.4. The van der Waals surface area contributed by atoms with Gasteiger partial charge in [0.15, 0.2) is 0 Å². The van der Waals surface area contributed by atoms with Crippen LogP contribution in [0.3, 0.4) is 0 Å². The van der Waals surface area contributed by atoms with Crippen LogP contribution in [0.5, 0.6) is 0 Å². The Morgan fingerprint density at radius 1 is 0.763 bits per heavy atom. The van der Waals surface area contributed by atoms with E-state index < -0.39 is 23.0 Å². The van der Waals surface area contributed by atoms with Crippen molar-refractivity contribution in [3.05, 3.63) is 71.3 Å². The first-order valence-electron chi connectivity index (χ1n) is 23.9. The van der Waals surface area contributed by atoms with Crippen LogP contribution in [-0.2, 0) is 20.4 Å². The molecule has 6 nitrogen and oxygen atoms in total. The lowest BCUT2D eigenvalue weighted by molar-refractivity contribution is -0.172. The Balaban J connectivity index is 0.964. The van der Waals surface area contributed by atoms with Crippen LogP contribution in [0, 0.1) is 39.4 Å². The van der Waals surface area contributed by atoms with Gasteiger partial charge in [0, 0.05) is 12.6 Å². The average Bonchev–Trinajstić information content (AvgIpc) is 3.21. The molecule has 10 aliphatic rings. The number of hydrogen-bond acceptors (Lipinski definition) is 4. The third kappa shape index (κ3) is 6.65. The van der Waals surface area contributed by atoms with Crippen LogP contribution < -0.4 is 21.7 Å². The van der Waals surface area contributed by atoms with E-state index in [0.717, 1.165) is 122 Å². The van der Waals surface area contributed by atoms with E-state index in [1.165, 1.54) is 16.7 Å². The molecular formula is C51H70F2N4O2. The summed E-state index contributed by atoms with van der Waals surface area (Å²) in [6, 6.07) is 20.5. The third-order valence-electron chi connectivity index (χ3n) is 18.5. The van der Waals surface area contributed by atoms with Crippen molar-refractivity contribution >= 4 is 11.8 Å². The highest BCUT2D eigenvalue weighted by Crippen LogP contribution is 2.76. The molecule has 2 aromatic carbocycles. The topological polar surface area (TPSA) is 96.2 Å². The maximum absolute atomic E-state index is 15.2. The SMILES string of the molecule is CCC[C@]12CC3(C(=O)N[C@@H]4CCNC[C@H]4F)CC(C[C@](c4ccccc4)(C3)C1)C2c1ccc([C@]23CC4CC(C(=O)NC5CCC(CN)CC5)(C[C@](CCF)(C4)C2)C3)cc1. The minimum Gasteiger partial charge on any atom is -0.353 e. The van der Waals surface area contributed by atoms with E-state index in [4.69, 9.17) is 5.73 Å². The fourth-order valence-electron chi connectivity index (χ4n) is 17.2. The summed E-state index contributed by atoms with van der Waals surface area (Å²) in [5.74, 6) is 2.05. The fourth-order valence-corrected chi connectivity index (χ4v) is 17.2. The standard InChI is InChI=1S/C51H70F2N4O2/c1-2-17-47-30-49(38-6-4-3-5-7-38)24-37(25-51(31-47,33-49)45(59)57-42-16-20-55-27-41(42)53)43(47)36-10-12-39(13-11-36)48-22-35-21-46(28-48,18-19-52)29-50(23-35,32-48)44(58)56-40-14-8-34(26-54)9-15-40/h3-7,10-13,34-35,37,40-43,55H,2,8-9,14-33,54H2,1H3,(H,56,58)(H,57,59)/t34?,35?,37?,40?,41-,42-,43?,46-,47-,48-,49-,50?,51?/m1/s1. The van der Waals surface area contributed by atoms with Gasteiger partial charge in [-0.25, -0.2) is 4.39 Å². The number of amides is 2. The molecule has 0 aromatic heterocycles. The van der Waals surface area contributed by atoms with Gasteiger partial charge in [0.2, 0.25) is 11.8 Å². The Morgan fingerprint density at radius 2 is 1.47 bits per heavy atom. The molecule has 10 fully saturated rings. The van der Waals surface area contributed by atoms with E-state index >= 15 is 4.39 Å². The Morgan fingerprint density at radius 3 is 2.19 bits per heavy atom. The number of nitrogens with one attached hydrogen (secondary N) is 3. The molecule has 2 aromatic rings. The van der Waals surface area contributed by atoms with Crippen molar-refractivity contribution in [3.8, 4) is 0 Å². The van der Waals surface area contributed by atoms with Gasteiger partial charge in [0.05, 0.1) is 23.5 Å². The fraction of sp³-hybridized carbons (Fsp3) is 0.725. The lowest BCUT2D eigenvalue weighted by Gasteiger charge is -2.70. The summed E-state index contributed by atoms with van der Waals surface area (Å²) >= 11 is 0. The van der Waals surface area contributed by atoms with Crippen LogP contribution in [0.25, 0.3) is 0 Å². The van der Waals surface area contributed by atoms with Crippen LogP contribution in [-0.4, -0.2) is 56.4 Å². The van der Waals surface area contributed by atoms with Crippen LogP contribution in [0.1, 0.15) is 152 Å². The van der Waals surface area contributed by atoms with Gasteiger partial charge in [0.25, 0.3) is 0 Å². The van der Waals surface area contributed by atoms with Gasteiger partial charge < -0.3 is 21.7 Å². The number of rotatable bonds is 12. The van der Waals surface area contributed by atoms with E-state index in [9.17, 15) is 14.0 Å². The molecule has 5 N–H and O–H groups in total. The summed E-state index contributed by atoms with van der Waals surface area (Å²) < 4.78 is 29.7. The lowest BCUT2D eigenvalue weighted by atomic mass is 9.34. The molecule has 1 aliphatic heterocycles. The first-order chi connectivity index (χ1) is 28.5. The zero-order valence-corrected chi connectivity index (χ0v) is 35.7. The summed E-state index contributed by atoms with van der Waals surface area (Å²) in [4.78, 5) is 29.3. The van der Waals surface area contributed by atoms with E-state index in [1.54, 1.807) is 0 Å². The molecule has 59 heavy (non-hydrogen) atoms. The smallest absolute Gasteiger partial charge is 0.226 e. The van der Waals surface area contributed by atoms with Crippen LogP contribution in [0.4, 0.5) is 8.78 Å². The summed E-state index contributed by atoms with van der Waals surface area (Å²) in [5, 5.41) is 10.0. The minimum absolute atomic E-state index is 0.0383. The van der Waals surface area contributed by atoms with Crippen molar-refractivity contribution in [1.29, 1.82) is 0 Å². The zero-order chi connectivity index (χ0) is 40.7. The van der Waals surface area contributed by atoms with Gasteiger partial charge in [0.1, 0.15) is 6.17 Å². The zero-order valence-electron chi connectivity index (χ0n) is 35.7. The summed E-state index contributed by atoms with van der Waals surface area (Å²) in [7, 11) is 0. The molecule has 9 aliphatic carbocycles. The maximum atomic E-state index is 15.2. The Hall–Kier alpha value is -2.84. The van der Waals surface area contributed by atoms with Crippen LogP contribution >= 0.6 is 0 Å². The van der Waals surface area contributed by atoms with E-state index in [2.05, 4.69) is 77.5 Å². The predicted molar refractivity (Wildman–Crippen MR) is 229 cm³/mol. The second-order valence-electron chi connectivity index (χ2n) is 22.4. The van der Waals surface area contributed by atoms with Crippen molar-refractivity contribution < 1.29 is 18.4 Å². The molecule has 320 valence electrons. The molecule has 0 spiro atoms. The highest BCUT2D eigenvalue weighted by molar-refractivity contribution is 5.85. The average molecular weight is 809 g/mol. The number of carbonyl (C=O) groups is 2. The molecule has 11 atom stereocenters. The molecule has 12 rings (SSSR count). The normalized spacial score (nSPS) is 44.4. The number of carbonyl (C=O) groups excluding carboxylic acids is 2. The van der Waals surface area contributed by atoms with Crippen LogP contribution in [0.15, 0.2) is 54.6 Å². The number of alkyl halides is 2.